The molecular formula is C16H12ClNO3. The number of aliphatic carboxylic acids is 1. The van der Waals surface area contributed by atoms with Crippen LogP contribution in [0.15, 0.2) is 42.5 Å². The fraction of sp³-hybridized carbons (Fsp3) is 0.125. The highest BCUT2D eigenvalue weighted by Gasteiger charge is 2.10. The van der Waals surface area contributed by atoms with E-state index in [9.17, 15) is 4.79 Å². The van der Waals surface area contributed by atoms with Crippen LogP contribution in [-0.2, 0) is 17.8 Å². The maximum Gasteiger partial charge on any atom is 0.307 e. The second-order valence-corrected chi connectivity index (χ2v) is 4.76. The van der Waals surface area contributed by atoms with Crippen LogP contribution < -0.4 is 4.74 Å². The Bertz CT molecular complexity index is 707. The van der Waals surface area contributed by atoms with Crippen molar-refractivity contribution < 1.29 is 14.6 Å². The van der Waals surface area contributed by atoms with Gasteiger partial charge in [-0.05, 0) is 23.3 Å². The Morgan fingerprint density at radius 1 is 1.19 bits per heavy atom. The van der Waals surface area contributed by atoms with E-state index in [2.05, 4.69) is 0 Å². The number of benzene rings is 2. The summed E-state index contributed by atoms with van der Waals surface area (Å²) in [5, 5.41) is 18.3. The molecule has 0 aliphatic rings. The van der Waals surface area contributed by atoms with E-state index >= 15 is 0 Å². The number of carboxylic acid groups (broad SMARTS) is 1. The Morgan fingerprint density at radius 3 is 2.57 bits per heavy atom. The monoisotopic (exact) mass is 301 g/mol. The molecule has 0 saturated heterocycles. The van der Waals surface area contributed by atoms with Gasteiger partial charge in [0.2, 0.25) is 0 Å². The molecule has 2 aromatic carbocycles. The molecule has 2 aromatic rings. The lowest BCUT2D eigenvalue weighted by Crippen LogP contribution is -2.06. The second kappa shape index (κ2) is 6.78. The zero-order valence-electron chi connectivity index (χ0n) is 11.0. The van der Waals surface area contributed by atoms with E-state index in [1.54, 1.807) is 36.4 Å². The van der Waals surface area contributed by atoms with Gasteiger partial charge in [-0.15, -0.1) is 0 Å². The van der Waals surface area contributed by atoms with Gasteiger partial charge in [0.15, 0.2) is 0 Å². The Balaban J connectivity index is 2.20. The van der Waals surface area contributed by atoms with Gasteiger partial charge >= 0.3 is 5.97 Å². The molecule has 0 radical (unpaired) electrons. The fourth-order valence-corrected chi connectivity index (χ4v) is 2.13. The number of hydrogen-bond acceptors (Lipinski definition) is 3. The summed E-state index contributed by atoms with van der Waals surface area (Å²) in [7, 11) is 0. The van der Waals surface area contributed by atoms with Crippen LogP contribution in [0, 0.1) is 11.3 Å². The van der Waals surface area contributed by atoms with Gasteiger partial charge in [0, 0.05) is 0 Å². The summed E-state index contributed by atoms with van der Waals surface area (Å²) in [5.74, 6) is -0.516. The molecule has 0 bridgehead atoms. The number of carbonyl (C=O) groups is 1. The third-order valence-electron chi connectivity index (χ3n) is 2.93. The highest BCUT2D eigenvalue weighted by molar-refractivity contribution is 6.31. The van der Waals surface area contributed by atoms with Crippen LogP contribution in [0.5, 0.6) is 5.75 Å². The van der Waals surface area contributed by atoms with Gasteiger partial charge in [0.05, 0.1) is 11.4 Å². The van der Waals surface area contributed by atoms with Gasteiger partial charge < -0.3 is 9.84 Å². The predicted molar refractivity (Wildman–Crippen MR) is 78.3 cm³/mol. The zero-order valence-corrected chi connectivity index (χ0v) is 11.8. The molecule has 0 aliphatic heterocycles. The normalized spacial score (nSPS) is 9.90. The van der Waals surface area contributed by atoms with Crippen molar-refractivity contribution in [2.45, 2.75) is 13.0 Å². The summed E-state index contributed by atoms with van der Waals surface area (Å²) in [5.41, 5.74) is 1.73. The minimum atomic E-state index is -0.900. The van der Waals surface area contributed by atoms with Gasteiger partial charge in [0.25, 0.3) is 0 Å². The fourth-order valence-electron chi connectivity index (χ4n) is 1.92. The molecule has 0 spiro atoms. The molecular weight excluding hydrogens is 290 g/mol. The third kappa shape index (κ3) is 3.74. The van der Waals surface area contributed by atoms with Crippen molar-refractivity contribution in [1.29, 1.82) is 5.26 Å². The molecule has 5 heteroatoms. The summed E-state index contributed by atoms with van der Waals surface area (Å²) in [6, 6.07) is 14.1. The molecule has 0 unspecified atom stereocenters. The van der Waals surface area contributed by atoms with Crippen LogP contribution >= 0.6 is 11.6 Å². The van der Waals surface area contributed by atoms with E-state index < -0.39 is 5.97 Å². The average molecular weight is 302 g/mol. The maximum atomic E-state index is 10.8. The van der Waals surface area contributed by atoms with Crippen molar-refractivity contribution in [3.05, 3.63) is 64.2 Å². The number of nitrogens with zero attached hydrogens (tertiary/aromatic N) is 1. The largest absolute Gasteiger partial charge is 0.487 e. The van der Waals surface area contributed by atoms with Crippen molar-refractivity contribution in [2.24, 2.45) is 0 Å². The van der Waals surface area contributed by atoms with Gasteiger partial charge in [-0.2, -0.15) is 5.26 Å². The molecule has 21 heavy (non-hydrogen) atoms. The molecule has 1 N–H and O–H groups in total. The molecule has 0 aliphatic carbocycles. The Hall–Kier alpha value is -2.51. The molecule has 0 atom stereocenters. The first-order valence-corrected chi connectivity index (χ1v) is 6.59. The van der Waals surface area contributed by atoms with Crippen LogP contribution in [0.4, 0.5) is 0 Å². The quantitative estimate of drug-likeness (QED) is 0.918. The zero-order chi connectivity index (χ0) is 15.2. The van der Waals surface area contributed by atoms with Crippen LogP contribution in [-0.4, -0.2) is 11.1 Å². The predicted octanol–water partition coefficient (Wildman–Crippen LogP) is 3.42. The first-order valence-electron chi connectivity index (χ1n) is 6.22. The lowest BCUT2D eigenvalue weighted by atomic mass is 10.1. The van der Waals surface area contributed by atoms with Crippen LogP contribution in [0.2, 0.25) is 5.02 Å². The van der Waals surface area contributed by atoms with Crippen LogP contribution in [0.25, 0.3) is 0 Å². The first-order chi connectivity index (χ1) is 10.1. The molecule has 0 saturated carbocycles. The third-order valence-corrected chi connectivity index (χ3v) is 3.25. The SMILES string of the molecule is N#Cc1c(Cl)cccc1OCc1ccccc1CC(=O)O. The van der Waals surface area contributed by atoms with E-state index in [4.69, 9.17) is 26.7 Å². The molecule has 2 rings (SSSR count). The highest BCUT2D eigenvalue weighted by atomic mass is 35.5. The lowest BCUT2D eigenvalue weighted by molar-refractivity contribution is -0.136. The van der Waals surface area contributed by atoms with Crippen molar-refractivity contribution in [1.82, 2.24) is 0 Å². The second-order valence-electron chi connectivity index (χ2n) is 4.35. The molecule has 0 fully saturated rings. The number of hydrogen-bond donors (Lipinski definition) is 1. The topological polar surface area (TPSA) is 70.3 Å². The van der Waals surface area contributed by atoms with E-state index in [-0.39, 0.29) is 18.6 Å². The molecule has 0 aromatic heterocycles. The average Bonchev–Trinajstić information content (AvgIpc) is 2.46. The van der Waals surface area contributed by atoms with Gasteiger partial charge in [-0.25, -0.2) is 0 Å². The molecule has 0 heterocycles. The number of ether oxygens (including phenoxy) is 1. The molecule has 106 valence electrons. The van der Waals surface area contributed by atoms with Gasteiger partial charge in [-0.1, -0.05) is 41.9 Å². The van der Waals surface area contributed by atoms with E-state index in [0.29, 0.717) is 16.3 Å². The Kier molecular flexibility index (Phi) is 4.81. The summed E-state index contributed by atoms with van der Waals surface area (Å²) < 4.78 is 5.62. The summed E-state index contributed by atoms with van der Waals surface area (Å²) in [6.45, 7) is 0.179. The minimum Gasteiger partial charge on any atom is -0.487 e. The van der Waals surface area contributed by atoms with E-state index in [1.165, 1.54) is 0 Å². The smallest absolute Gasteiger partial charge is 0.307 e. The number of carboxylic acids is 1. The number of nitriles is 1. The molecule has 0 amide bonds. The van der Waals surface area contributed by atoms with Crippen molar-refractivity contribution in [3.8, 4) is 11.8 Å². The molecule has 4 nitrogen and oxygen atoms in total. The van der Waals surface area contributed by atoms with E-state index in [0.717, 1.165) is 5.56 Å². The number of rotatable bonds is 5. The van der Waals surface area contributed by atoms with Crippen LogP contribution in [0.3, 0.4) is 0 Å². The van der Waals surface area contributed by atoms with Crippen molar-refractivity contribution in [2.75, 3.05) is 0 Å². The first kappa shape index (κ1) is 14.9. The van der Waals surface area contributed by atoms with Gasteiger partial charge in [0.1, 0.15) is 24.0 Å². The van der Waals surface area contributed by atoms with E-state index in [1.807, 2.05) is 12.1 Å². The van der Waals surface area contributed by atoms with Gasteiger partial charge in [-0.3, -0.25) is 4.79 Å². The van der Waals surface area contributed by atoms with Crippen LogP contribution in [0.1, 0.15) is 16.7 Å². The summed E-state index contributed by atoms with van der Waals surface area (Å²) >= 11 is 5.93. The number of halogens is 1. The highest BCUT2D eigenvalue weighted by Crippen LogP contribution is 2.26. The minimum absolute atomic E-state index is 0.0693. The standard InChI is InChI=1S/C16H12ClNO3/c17-14-6-3-7-15(13(14)9-18)21-10-12-5-2-1-4-11(12)8-16(19)20/h1-7H,8,10H2,(H,19,20). The summed E-state index contributed by atoms with van der Waals surface area (Å²) in [6.07, 6.45) is -0.0693. The summed E-state index contributed by atoms with van der Waals surface area (Å²) in [4.78, 5) is 10.8. The van der Waals surface area contributed by atoms with Crippen molar-refractivity contribution >= 4 is 17.6 Å². The maximum absolute atomic E-state index is 10.8. The lowest BCUT2D eigenvalue weighted by Gasteiger charge is -2.11. The van der Waals surface area contributed by atoms with Crippen molar-refractivity contribution in [3.63, 3.8) is 0 Å². The Morgan fingerprint density at radius 2 is 1.90 bits per heavy atom. The Labute approximate surface area is 127 Å².